The molecule has 3 N–H and O–H groups in total. The van der Waals surface area contributed by atoms with Crippen LogP contribution in [0.3, 0.4) is 0 Å². The maximum atomic E-state index is 13.7. The summed E-state index contributed by atoms with van der Waals surface area (Å²) < 4.78 is 27.3. The van der Waals surface area contributed by atoms with Gasteiger partial charge in [-0.15, -0.1) is 0 Å². The topological polar surface area (TPSA) is 92.5 Å². The summed E-state index contributed by atoms with van der Waals surface area (Å²) in [5, 5.41) is 2.84. The largest absolute Gasteiger partial charge is 0.355 e. The minimum Gasteiger partial charge on any atom is -0.355 e. The molecular weight excluding hydrogens is 410 g/mol. The number of carbonyl (C=O) groups is 1. The van der Waals surface area contributed by atoms with Crippen LogP contribution in [0.1, 0.15) is 88.8 Å². The van der Waals surface area contributed by atoms with Gasteiger partial charge in [-0.1, -0.05) is 53.7 Å². The summed E-state index contributed by atoms with van der Waals surface area (Å²) >= 11 is 0. The average Bonchev–Trinajstić information content (AvgIpc) is 2.71. The Balaban J connectivity index is 2.27. The minimum absolute atomic E-state index is 0.00457. The molecule has 6 nitrogen and oxygen atoms in total. The number of piperidine rings is 1. The van der Waals surface area contributed by atoms with E-state index in [1.165, 1.54) is 5.56 Å². The Hall–Kier alpha value is -1.44. The van der Waals surface area contributed by atoms with Crippen LogP contribution in [-0.4, -0.2) is 51.3 Å². The van der Waals surface area contributed by atoms with Gasteiger partial charge in [0.2, 0.25) is 5.91 Å². The highest BCUT2D eigenvalue weighted by Crippen LogP contribution is 2.36. The minimum atomic E-state index is -3.50. The number of amides is 1. The van der Waals surface area contributed by atoms with E-state index in [1.54, 1.807) is 0 Å². The van der Waals surface area contributed by atoms with Crippen molar-refractivity contribution < 1.29 is 13.2 Å². The molecule has 1 aliphatic heterocycles. The Morgan fingerprint density at radius 1 is 1.03 bits per heavy atom. The van der Waals surface area contributed by atoms with Gasteiger partial charge >= 0.3 is 0 Å². The highest BCUT2D eigenvalue weighted by atomic mass is 32.2. The van der Waals surface area contributed by atoms with Crippen LogP contribution >= 0.6 is 0 Å². The average molecular weight is 452 g/mol. The summed E-state index contributed by atoms with van der Waals surface area (Å²) in [5.74, 6) is 0.562. The van der Waals surface area contributed by atoms with E-state index in [0.717, 1.165) is 11.1 Å². The molecule has 7 heteroatoms. The number of carbonyl (C=O) groups excluding carboxylic acids is 1. The molecule has 2 rings (SSSR count). The molecule has 0 spiro atoms. The number of nitrogens with one attached hydrogen (secondary N) is 1. The summed E-state index contributed by atoms with van der Waals surface area (Å²) in [4.78, 5) is 14.7. The van der Waals surface area contributed by atoms with Crippen molar-refractivity contribution in [2.75, 3.05) is 32.1 Å². The molecule has 1 fully saturated rings. The second kappa shape index (κ2) is 10.9. The number of hydrogen-bond donors (Lipinski definition) is 2. The van der Waals surface area contributed by atoms with Gasteiger partial charge in [0.25, 0.3) is 0 Å². The normalized spacial score (nSPS) is 16.5. The first-order chi connectivity index (χ1) is 14.5. The molecule has 1 amide bonds. The van der Waals surface area contributed by atoms with Gasteiger partial charge in [-0.2, -0.15) is 0 Å². The summed E-state index contributed by atoms with van der Waals surface area (Å²) in [6.45, 7) is 14.7. The zero-order valence-electron chi connectivity index (χ0n) is 20.1. The summed E-state index contributed by atoms with van der Waals surface area (Å²) in [6.07, 6.45) is 1.35. The lowest BCUT2D eigenvalue weighted by Crippen LogP contribution is -2.43. The standard InChI is InChI=1S/C24H41N3O3S/c1-16(2)20-13-21(17(3)4)23(22(14-20)18(5)6)31(29,30)15-27-11-7-19(8-12-27)24(28)26-10-9-25/h13-14,16-19H,7-12,15,25H2,1-6H3,(H,26,28). The van der Waals surface area contributed by atoms with Gasteiger partial charge in [-0.05, 0) is 60.4 Å². The van der Waals surface area contributed by atoms with E-state index in [4.69, 9.17) is 5.73 Å². The Morgan fingerprint density at radius 2 is 1.55 bits per heavy atom. The lowest BCUT2D eigenvalue weighted by molar-refractivity contribution is -0.126. The van der Waals surface area contributed by atoms with Crippen molar-refractivity contribution in [1.29, 1.82) is 0 Å². The quantitative estimate of drug-likeness (QED) is 0.599. The molecule has 1 aliphatic rings. The first kappa shape index (κ1) is 25.8. The van der Waals surface area contributed by atoms with Crippen molar-refractivity contribution in [2.24, 2.45) is 11.7 Å². The molecule has 0 radical (unpaired) electrons. The van der Waals surface area contributed by atoms with E-state index in [0.29, 0.717) is 49.8 Å². The summed E-state index contributed by atoms with van der Waals surface area (Å²) in [6, 6.07) is 4.17. The lowest BCUT2D eigenvalue weighted by atomic mass is 9.89. The third-order valence-corrected chi connectivity index (χ3v) is 7.94. The maximum Gasteiger partial charge on any atom is 0.223 e. The van der Waals surface area contributed by atoms with Crippen LogP contribution in [0.15, 0.2) is 17.0 Å². The van der Waals surface area contributed by atoms with Crippen molar-refractivity contribution in [1.82, 2.24) is 10.2 Å². The second-order valence-corrected chi connectivity index (χ2v) is 11.6. The van der Waals surface area contributed by atoms with Crippen LogP contribution in [0.5, 0.6) is 0 Å². The molecule has 1 aromatic carbocycles. The Kier molecular flexibility index (Phi) is 9.10. The number of sulfone groups is 1. The zero-order chi connectivity index (χ0) is 23.3. The highest BCUT2D eigenvalue weighted by molar-refractivity contribution is 7.91. The smallest absolute Gasteiger partial charge is 0.223 e. The monoisotopic (exact) mass is 451 g/mol. The van der Waals surface area contributed by atoms with Gasteiger partial charge in [0.1, 0.15) is 5.88 Å². The van der Waals surface area contributed by atoms with Crippen LogP contribution in [0.2, 0.25) is 0 Å². The van der Waals surface area contributed by atoms with Crippen molar-refractivity contribution in [3.63, 3.8) is 0 Å². The third-order valence-electron chi connectivity index (χ3n) is 6.14. The summed E-state index contributed by atoms with van der Waals surface area (Å²) in [7, 11) is -3.50. The number of nitrogens with zero attached hydrogens (tertiary/aromatic N) is 1. The van der Waals surface area contributed by atoms with Gasteiger partial charge in [0.15, 0.2) is 9.84 Å². The van der Waals surface area contributed by atoms with Crippen LogP contribution in [0, 0.1) is 5.92 Å². The molecule has 0 aromatic heterocycles. The van der Waals surface area contributed by atoms with Crippen molar-refractivity contribution in [3.8, 4) is 0 Å². The maximum absolute atomic E-state index is 13.7. The van der Waals surface area contributed by atoms with Gasteiger partial charge < -0.3 is 11.1 Å². The fourth-order valence-corrected chi connectivity index (χ4v) is 6.39. The zero-order valence-corrected chi connectivity index (χ0v) is 20.9. The number of nitrogens with two attached hydrogens (primary N) is 1. The molecule has 1 heterocycles. The molecule has 0 unspecified atom stereocenters. The fraction of sp³-hybridized carbons (Fsp3) is 0.708. The van der Waals surface area contributed by atoms with Crippen molar-refractivity contribution in [3.05, 3.63) is 28.8 Å². The molecule has 176 valence electrons. The molecule has 0 atom stereocenters. The molecule has 1 aromatic rings. The summed E-state index contributed by atoms with van der Waals surface area (Å²) in [5.41, 5.74) is 8.49. The van der Waals surface area contributed by atoms with E-state index in [9.17, 15) is 13.2 Å². The van der Waals surface area contributed by atoms with Gasteiger partial charge in [0, 0.05) is 19.0 Å². The van der Waals surface area contributed by atoms with Crippen molar-refractivity contribution in [2.45, 2.75) is 77.0 Å². The van der Waals surface area contributed by atoms with E-state index < -0.39 is 9.84 Å². The third kappa shape index (κ3) is 6.53. The SMILES string of the molecule is CC(C)c1cc(C(C)C)c(S(=O)(=O)CN2CCC(C(=O)NCCN)CC2)c(C(C)C)c1. The predicted octanol–water partition coefficient (Wildman–Crippen LogP) is 3.57. The molecule has 0 aliphatic carbocycles. The van der Waals surface area contributed by atoms with Gasteiger partial charge in [0.05, 0.1) is 4.90 Å². The first-order valence-corrected chi connectivity index (χ1v) is 13.2. The van der Waals surface area contributed by atoms with Crippen LogP contribution < -0.4 is 11.1 Å². The number of benzene rings is 1. The van der Waals surface area contributed by atoms with E-state index >= 15 is 0 Å². The van der Waals surface area contributed by atoms with Gasteiger partial charge in [-0.25, -0.2) is 8.42 Å². The van der Waals surface area contributed by atoms with Crippen LogP contribution in [0.4, 0.5) is 0 Å². The Bertz CT molecular complexity index is 826. The molecule has 1 saturated heterocycles. The Morgan fingerprint density at radius 3 is 1.97 bits per heavy atom. The predicted molar refractivity (Wildman–Crippen MR) is 127 cm³/mol. The second-order valence-electron chi connectivity index (χ2n) is 9.71. The van der Waals surface area contributed by atoms with E-state index in [1.807, 2.05) is 4.90 Å². The van der Waals surface area contributed by atoms with Gasteiger partial charge in [-0.3, -0.25) is 9.69 Å². The van der Waals surface area contributed by atoms with Crippen LogP contribution in [0.25, 0.3) is 0 Å². The number of rotatable bonds is 9. The number of hydrogen-bond acceptors (Lipinski definition) is 5. The van der Waals surface area contributed by atoms with E-state index in [2.05, 4.69) is 59.0 Å². The molecular formula is C24H41N3O3S. The first-order valence-electron chi connectivity index (χ1n) is 11.6. The van der Waals surface area contributed by atoms with E-state index in [-0.39, 0.29) is 29.5 Å². The fourth-order valence-electron chi connectivity index (χ4n) is 4.22. The lowest BCUT2D eigenvalue weighted by Gasteiger charge is -2.32. The highest BCUT2D eigenvalue weighted by Gasteiger charge is 2.31. The van der Waals surface area contributed by atoms with Crippen LogP contribution in [-0.2, 0) is 14.6 Å². The molecule has 0 bridgehead atoms. The number of likely N-dealkylation sites (tertiary alicyclic amines) is 1. The molecule has 31 heavy (non-hydrogen) atoms. The molecule has 0 saturated carbocycles. The van der Waals surface area contributed by atoms with Crippen molar-refractivity contribution >= 4 is 15.7 Å². The Labute approximate surface area is 188 Å².